The van der Waals surface area contributed by atoms with Crippen LogP contribution in [0.3, 0.4) is 0 Å². The zero-order valence-electron chi connectivity index (χ0n) is 10.8. The molecule has 0 unspecified atom stereocenters. The Morgan fingerprint density at radius 3 is 2.26 bits per heavy atom. The van der Waals surface area contributed by atoms with Gasteiger partial charge in [0.25, 0.3) is 0 Å². The maximum absolute atomic E-state index is 12.7. The average Bonchev–Trinajstić information content (AvgIpc) is 2.46. The number of carbonyl (C=O) groups excluding carboxylic acids is 1. The van der Waals surface area contributed by atoms with Crippen molar-refractivity contribution in [3.63, 3.8) is 0 Å². The van der Waals surface area contributed by atoms with Crippen LogP contribution in [-0.4, -0.2) is 5.78 Å². The number of hydrogen-bond donors (Lipinski definition) is 0. The van der Waals surface area contributed by atoms with Crippen LogP contribution in [0.1, 0.15) is 28.4 Å². The molecule has 2 aromatic rings. The molecule has 2 aromatic carbocycles. The highest BCUT2D eigenvalue weighted by molar-refractivity contribution is 6.06. The lowest BCUT2D eigenvalue weighted by Crippen LogP contribution is -1.93. The van der Waals surface area contributed by atoms with Gasteiger partial charge < -0.3 is 0 Å². The number of allylic oxidation sites excluding steroid dienone is 1. The summed E-state index contributed by atoms with van der Waals surface area (Å²) in [6.45, 7) is 2.10. The number of halogens is 1. The van der Waals surface area contributed by atoms with Gasteiger partial charge in [-0.15, -0.1) is 0 Å². The van der Waals surface area contributed by atoms with Crippen LogP contribution >= 0.6 is 0 Å². The Hall–Kier alpha value is -2.22. The first-order chi connectivity index (χ1) is 9.19. The predicted molar refractivity (Wildman–Crippen MR) is 75.6 cm³/mol. The summed E-state index contributed by atoms with van der Waals surface area (Å²) >= 11 is 0. The van der Waals surface area contributed by atoms with E-state index in [1.807, 2.05) is 24.3 Å². The molecule has 0 saturated carbocycles. The van der Waals surface area contributed by atoms with E-state index in [0.717, 1.165) is 12.0 Å². The van der Waals surface area contributed by atoms with E-state index in [1.165, 1.54) is 35.9 Å². The molecule has 0 aromatic heterocycles. The van der Waals surface area contributed by atoms with Gasteiger partial charge >= 0.3 is 0 Å². The molecule has 0 heterocycles. The van der Waals surface area contributed by atoms with E-state index in [9.17, 15) is 9.18 Å². The van der Waals surface area contributed by atoms with Crippen molar-refractivity contribution in [2.24, 2.45) is 0 Å². The van der Waals surface area contributed by atoms with Gasteiger partial charge in [-0.05, 0) is 47.9 Å². The van der Waals surface area contributed by atoms with Crippen LogP contribution in [0.15, 0.2) is 54.6 Å². The van der Waals surface area contributed by atoms with Gasteiger partial charge in [0.2, 0.25) is 0 Å². The van der Waals surface area contributed by atoms with E-state index >= 15 is 0 Å². The van der Waals surface area contributed by atoms with Gasteiger partial charge in [-0.1, -0.05) is 37.3 Å². The van der Waals surface area contributed by atoms with E-state index in [0.29, 0.717) is 5.56 Å². The molecule has 0 N–H and O–H groups in total. The third-order valence-electron chi connectivity index (χ3n) is 2.94. The second kappa shape index (κ2) is 6.10. The highest BCUT2D eigenvalue weighted by atomic mass is 19.1. The number of rotatable bonds is 4. The maximum Gasteiger partial charge on any atom is 0.185 e. The molecule has 0 aliphatic carbocycles. The molecule has 0 amide bonds. The van der Waals surface area contributed by atoms with Crippen molar-refractivity contribution in [1.29, 1.82) is 0 Å². The van der Waals surface area contributed by atoms with Crippen LogP contribution < -0.4 is 0 Å². The fourth-order valence-corrected chi connectivity index (χ4v) is 1.75. The van der Waals surface area contributed by atoms with Crippen LogP contribution in [0, 0.1) is 5.82 Å². The molecular weight excluding hydrogens is 239 g/mol. The van der Waals surface area contributed by atoms with Crippen molar-refractivity contribution in [1.82, 2.24) is 0 Å². The fourth-order valence-electron chi connectivity index (χ4n) is 1.75. The van der Waals surface area contributed by atoms with Gasteiger partial charge in [0.15, 0.2) is 5.78 Å². The molecule has 0 fully saturated rings. The Kier molecular flexibility index (Phi) is 4.24. The van der Waals surface area contributed by atoms with E-state index in [1.54, 1.807) is 6.08 Å². The normalized spacial score (nSPS) is 10.8. The molecule has 2 heteroatoms. The number of carbonyl (C=O) groups is 1. The Balaban J connectivity index is 2.08. The third kappa shape index (κ3) is 3.62. The third-order valence-corrected chi connectivity index (χ3v) is 2.94. The van der Waals surface area contributed by atoms with E-state index in [4.69, 9.17) is 0 Å². The van der Waals surface area contributed by atoms with Crippen LogP contribution in [0.4, 0.5) is 4.39 Å². The minimum Gasteiger partial charge on any atom is -0.289 e. The number of hydrogen-bond acceptors (Lipinski definition) is 1. The second-order valence-corrected chi connectivity index (χ2v) is 4.30. The summed E-state index contributed by atoms with van der Waals surface area (Å²) in [5, 5.41) is 0. The van der Waals surface area contributed by atoms with Crippen LogP contribution in [-0.2, 0) is 6.42 Å². The summed E-state index contributed by atoms with van der Waals surface area (Å²) in [5.74, 6) is -0.463. The van der Waals surface area contributed by atoms with E-state index in [-0.39, 0.29) is 11.6 Å². The fraction of sp³-hybridized carbons (Fsp3) is 0.118. The quantitative estimate of drug-likeness (QED) is 0.587. The lowest BCUT2D eigenvalue weighted by atomic mass is 10.1. The Morgan fingerprint density at radius 1 is 1.05 bits per heavy atom. The summed E-state index contributed by atoms with van der Waals surface area (Å²) in [6, 6.07) is 13.6. The zero-order valence-corrected chi connectivity index (χ0v) is 10.8. The average molecular weight is 254 g/mol. The van der Waals surface area contributed by atoms with Crippen LogP contribution in [0.5, 0.6) is 0 Å². The lowest BCUT2D eigenvalue weighted by Gasteiger charge is -1.98. The van der Waals surface area contributed by atoms with Crippen molar-refractivity contribution in [2.45, 2.75) is 13.3 Å². The van der Waals surface area contributed by atoms with Crippen molar-refractivity contribution in [3.8, 4) is 0 Å². The summed E-state index contributed by atoms with van der Waals surface area (Å²) in [4.78, 5) is 11.8. The number of ketones is 1. The standard InChI is InChI=1S/C17H15FO/c1-2-13-3-5-14(6-4-13)7-12-17(19)15-8-10-16(18)11-9-15/h3-12H,2H2,1H3/b12-7+. The summed E-state index contributed by atoms with van der Waals surface area (Å²) < 4.78 is 12.7. The highest BCUT2D eigenvalue weighted by Gasteiger charge is 2.01. The first-order valence-corrected chi connectivity index (χ1v) is 6.26. The summed E-state index contributed by atoms with van der Waals surface area (Å²) in [7, 11) is 0. The molecule has 2 rings (SSSR count). The van der Waals surface area contributed by atoms with Gasteiger partial charge in [0.05, 0.1) is 0 Å². The summed E-state index contributed by atoms with van der Waals surface area (Å²) in [6.07, 6.45) is 4.28. The monoisotopic (exact) mass is 254 g/mol. The molecule has 0 atom stereocenters. The molecule has 0 spiro atoms. The first-order valence-electron chi connectivity index (χ1n) is 6.26. The van der Waals surface area contributed by atoms with Gasteiger partial charge in [-0.25, -0.2) is 4.39 Å². The highest BCUT2D eigenvalue weighted by Crippen LogP contribution is 2.09. The minimum atomic E-state index is -0.337. The van der Waals surface area contributed by atoms with E-state index < -0.39 is 0 Å². The molecule has 0 radical (unpaired) electrons. The van der Waals surface area contributed by atoms with Crippen molar-refractivity contribution >= 4 is 11.9 Å². The maximum atomic E-state index is 12.7. The second-order valence-electron chi connectivity index (χ2n) is 4.30. The van der Waals surface area contributed by atoms with Crippen molar-refractivity contribution < 1.29 is 9.18 Å². The molecule has 0 bridgehead atoms. The van der Waals surface area contributed by atoms with Crippen LogP contribution in [0.25, 0.3) is 6.08 Å². The Bertz CT molecular complexity index is 580. The summed E-state index contributed by atoms with van der Waals surface area (Å²) in [5.41, 5.74) is 2.73. The van der Waals surface area contributed by atoms with Gasteiger partial charge in [-0.2, -0.15) is 0 Å². The van der Waals surface area contributed by atoms with Crippen LogP contribution in [0.2, 0.25) is 0 Å². The lowest BCUT2D eigenvalue weighted by molar-refractivity contribution is 0.104. The number of aryl methyl sites for hydroxylation is 1. The molecule has 0 aliphatic rings. The van der Waals surface area contributed by atoms with Crippen molar-refractivity contribution in [2.75, 3.05) is 0 Å². The predicted octanol–water partition coefficient (Wildman–Crippen LogP) is 4.28. The van der Waals surface area contributed by atoms with E-state index in [2.05, 4.69) is 6.92 Å². The smallest absolute Gasteiger partial charge is 0.185 e. The van der Waals surface area contributed by atoms with Gasteiger partial charge in [0, 0.05) is 5.56 Å². The molecule has 0 saturated heterocycles. The minimum absolute atomic E-state index is 0.125. The van der Waals surface area contributed by atoms with Gasteiger partial charge in [-0.3, -0.25) is 4.79 Å². The Labute approximate surface area is 112 Å². The molecular formula is C17H15FO. The van der Waals surface area contributed by atoms with Crippen molar-refractivity contribution in [3.05, 3.63) is 77.1 Å². The molecule has 96 valence electrons. The molecule has 0 aliphatic heterocycles. The first kappa shape index (κ1) is 13.2. The zero-order chi connectivity index (χ0) is 13.7. The largest absolute Gasteiger partial charge is 0.289 e. The molecule has 1 nitrogen and oxygen atoms in total. The Morgan fingerprint density at radius 2 is 1.68 bits per heavy atom. The topological polar surface area (TPSA) is 17.1 Å². The number of benzene rings is 2. The molecule has 19 heavy (non-hydrogen) atoms. The van der Waals surface area contributed by atoms with Gasteiger partial charge in [0.1, 0.15) is 5.82 Å². The SMILES string of the molecule is CCc1ccc(/C=C/C(=O)c2ccc(F)cc2)cc1.